The van der Waals surface area contributed by atoms with Crippen molar-refractivity contribution in [2.24, 2.45) is 0 Å². The molecule has 0 bridgehead atoms. The van der Waals surface area contributed by atoms with Gasteiger partial charge in [-0.15, -0.1) is 0 Å². The molecule has 0 spiro atoms. The van der Waals surface area contributed by atoms with E-state index in [1.54, 1.807) is 0 Å². The predicted molar refractivity (Wildman–Crippen MR) is 86.7 cm³/mol. The summed E-state index contributed by atoms with van der Waals surface area (Å²) in [5, 5.41) is 7.75. The number of hydrogen-bond acceptors (Lipinski definition) is 2. The Morgan fingerprint density at radius 3 is 2.68 bits per heavy atom. The Kier molecular flexibility index (Phi) is 4.15. The zero-order chi connectivity index (χ0) is 15.7. The lowest BCUT2D eigenvalue weighted by atomic mass is 9.96. The maximum Gasteiger partial charge on any atom is 0.317 e. The molecule has 5 heteroatoms. The second-order valence-electron chi connectivity index (χ2n) is 7.66. The Morgan fingerprint density at radius 2 is 2.00 bits per heavy atom. The Labute approximate surface area is 133 Å². The molecule has 0 saturated heterocycles. The van der Waals surface area contributed by atoms with Gasteiger partial charge in [0.2, 0.25) is 0 Å². The minimum absolute atomic E-state index is 0.000109. The lowest BCUT2D eigenvalue weighted by Crippen LogP contribution is -2.47. The highest BCUT2D eigenvalue weighted by molar-refractivity contribution is 5.74. The summed E-state index contributed by atoms with van der Waals surface area (Å²) in [6.45, 7) is 7.98. The van der Waals surface area contributed by atoms with Crippen LogP contribution < -0.4 is 5.32 Å². The van der Waals surface area contributed by atoms with Crippen molar-refractivity contribution < 1.29 is 4.79 Å². The molecule has 0 radical (unpaired) electrons. The highest BCUT2D eigenvalue weighted by Gasteiger charge is 2.28. The molecule has 122 valence electrons. The van der Waals surface area contributed by atoms with Gasteiger partial charge in [-0.3, -0.25) is 4.68 Å². The molecule has 1 N–H and O–H groups in total. The lowest BCUT2D eigenvalue weighted by molar-refractivity contribution is 0.183. The van der Waals surface area contributed by atoms with Gasteiger partial charge in [-0.2, -0.15) is 5.10 Å². The average molecular weight is 304 g/mol. The number of nitrogens with one attached hydrogen (secondary N) is 1. The van der Waals surface area contributed by atoms with Crippen LogP contribution in [0.25, 0.3) is 0 Å². The first-order valence-electron chi connectivity index (χ1n) is 8.57. The third-order valence-electron chi connectivity index (χ3n) is 4.79. The molecule has 1 fully saturated rings. The molecule has 0 aromatic carbocycles. The van der Waals surface area contributed by atoms with Gasteiger partial charge in [0.1, 0.15) is 0 Å². The maximum absolute atomic E-state index is 12.5. The third kappa shape index (κ3) is 3.13. The van der Waals surface area contributed by atoms with Crippen molar-refractivity contribution in [2.45, 2.75) is 77.4 Å². The molecular weight excluding hydrogens is 276 g/mol. The summed E-state index contributed by atoms with van der Waals surface area (Å²) in [5.74, 6) is 0. The molecule has 1 saturated carbocycles. The van der Waals surface area contributed by atoms with E-state index in [-0.39, 0.29) is 11.6 Å². The van der Waals surface area contributed by atoms with Crippen molar-refractivity contribution >= 4 is 6.03 Å². The van der Waals surface area contributed by atoms with Crippen LogP contribution in [0.4, 0.5) is 4.79 Å². The first-order valence-corrected chi connectivity index (χ1v) is 8.57. The van der Waals surface area contributed by atoms with Gasteiger partial charge in [0, 0.05) is 30.3 Å². The molecule has 1 aromatic heterocycles. The summed E-state index contributed by atoms with van der Waals surface area (Å²) in [7, 11) is 0. The van der Waals surface area contributed by atoms with Crippen LogP contribution in [0.5, 0.6) is 0 Å². The third-order valence-corrected chi connectivity index (χ3v) is 4.79. The van der Waals surface area contributed by atoms with E-state index in [2.05, 4.69) is 35.9 Å². The van der Waals surface area contributed by atoms with Gasteiger partial charge in [0.15, 0.2) is 0 Å². The minimum Gasteiger partial charge on any atom is -0.335 e. The molecule has 5 nitrogen and oxygen atoms in total. The normalized spacial score (nSPS) is 19.9. The molecule has 0 unspecified atom stereocenters. The van der Waals surface area contributed by atoms with Crippen LogP contribution >= 0.6 is 0 Å². The first-order chi connectivity index (χ1) is 10.4. The van der Waals surface area contributed by atoms with E-state index in [0.29, 0.717) is 12.6 Å². The van der Waals surface area contributed by atoms with E-state index in [9.17, 15) is 4.79 Å². The number of fused-ring (bicyclic) bond motifs is 1. The van der Waals surface area contributed by atoms with Crippen molar-refractivity contribution in [1.29, 1.82) is 0 Å². The van der Waals surface area contributed by atoms with E-state index < -0.39 is 0 Å². The van der Waals surface area contributed by atoms with Crippen molar-refractivity contribution in [2.75, 3.05) is 6.54 Å². The topological polar surface area (TPSA) is 50.2 Å². The summed E-state index contributed by atoms with van der Waals surface area (Å²) in [6, 6.07) is 0.473. The molecule has 2 heterocycles. The van der Waals surface area contributed by atoms with Gasteiger partial charge in [0.05, 0.1) is 18.3 Å². The van der Waals surface area contributed by atoms with Gasteiger partial charge >= 0.3 is 6.03 Å². The highest BCUT2D eigenvalue weighted by Crippen LogP contribution is 2.25. The average Bonchev–Trinajstić information content (AvgIpc) is 2.91. The second kappa shape index (κ2) is 5.94. The molecule has 2 amide bonds. The summed E-state index contributed by atoms with van der Waals surface area (Å²) < 4.78 is 2.11. The number of aromatic nitrogens is 2. The molecule has 2 aliphatic rings. The number of amides is 2. The fraction of sp³-hybridized carbons (Fsp3) is 0.765. The molecule has 0 atom stereocenters. The molecule has 3 rings (SSSR count). The maximum atomic E-state index is 12.5. The molecule has 22 heavy (non-hydrogen) atoms. The Hall–Kier alpha value is -1.52. The van der Waals surface area contributed by atoms with Crippen molar-refractivity contribution in [1.82, 2.24) is 20.0 Å². The number of nitrogens with zero attached hydrogens (tertiary/aromatic N) is 3. The predicted octanol–water partition coefficient (Wildman–Crippen LogP) is 3.04. The van der Waals surface area contributed by atoms with Crippen LogP contribution in [0.3, 0.4) is 0 Å². The van der Waals surface area contributed by atoms with Gasteiger partial charge in [-0.05, 0) is 33.6 Å². The Bertz CT molecular complexity index is 537. The number of rotatable bonds is 1. The standard InChI is InChI=1S/C17H28N4O/c1-17(2,3)21-15-9-10-20(12-13(15)11-18-21)16(22)19-14-7-5-4-6-8-14/h11,14H,4-10,12H2,1-3H3,(H,19,22). The lowest BCUT2D eigenvalue weighted by Gasteiger charge is -2.32. The van der Waals surface area contributed by atoms with Gasteiger partial charge in [-0.25, -0.2) is 4.79 Å². The Morgan fingerprint density at radius 1 is 1.27 bits per heavy atom. The van der Waals surface area contributed by atoms with E-state index in [0.717, 1.165) is 25.8 Å². The van der Waals surface area contributed by atoms with Crippen LogP contribution in [0, 0.1) is 0 Å². The SMILES string of the molecule is CC(C)(C)n1ncc2c1CCN(C(=O)NC1CCCCC1)C2. The molecule has 1 aliphatic heterocycles. The van der Waals surface area contributed by atoms with Crippen molar-refractivity contribution in [3.63, 3.8) is 0 Å². The number of hydrogen-bond donors (Lipinski definition) is 1. The fourth-order valence-corrected chi connectivity index (χ4v) is 3.60. The second-order valence-corrected chi connectivity index (χ2v) is 7.66. The van der Waals surface area contributed by atoms with E-state index in [1.807, 2.05) is 11.1 Å². The van der Waals surface area contributed by atoms with E-state index in [1.165, 1.54) is 30.5 Å². The monoisotopic (exact) mass is 304 g/mol. The molecule has 1 aliphatic carbocycles. The zero-order valence-electron chi connectivity index (χ0n) is 14.1. The summed E-state index contributed by atoms with van der Waals surface area (Å²) in [4.78, 5) is 14.4. The number of carbonyl (C=O) groups is 1. The fourth-order valence-electron chi connectivity index (χ4n) is 3.60. The summed E-state index contributed by atoms with van der Waals surface area (Å²) in [5.41, 5.74) is 2.48. The summed E-state index contributed by atoms with van der Waals surface area (Å²) >= 11 is 0. The Balaban J connectivity index is 1.64. The van der Waals surface area contributed by atoms with E-state index >= 15 is 0 Å². The van der Waals surface area contributed by atoms with Gasteiger partial charge in [0.25, 0.3) is 0 Å². The van der Waals surface area contributed by atoms with Crippen LogP contribution in [0.15, 0.2) is 6.20 Å². The van der Waals surface area contributed by atoms with E-state index in [4.69, 9.17) is 0 Å². The minimum atomic E-state index is 0.000109. The van der Waals surface area contributed by atoms with Crippen LogP contribution in [0.2, 0.25) is 0 Å². The quantitative estimate of drug-likeness (QED) is 0.867. The van der Waals surface area contributed by atoms with Crippen LogP contribution in [-0.4, -0.2) is 33.3 Å². The van der Waals surface area contributed by atoms with Gasteiger partial charge in [-0.1, -0.05) is 19.3 Å². The molecular formula is C17H28N4O. The van der Waals surface area contributed by atoms with Crippen LogP contribution in [0.1, 0.15) is 64.1 Å². The van der Waals surface area contributed by atoms with Gasteiger partial charge < -0.3 is 10.2 Å². The number of carbonyl (C=O) groups excluding carboxylic acids is 1. The smallest absolute Gasteiger partial charge is 0.317 e. The largest absolute Gasteiger partial charge is 0.335 e. The van der Waals surface area contributed by atoms with Crippen LogP contribution in [-0.2, 0) is 18.5 Å². The molecule has 1 aromatic rings. The zero-order valence-corrected chi connectivity index (χ0v) is 14.1. The van der Waals surface area contributed by atoms with Crippen molar-refractivity contribution in [3.05, 3.63) is 17.5 Å². The van der Waals surface area contributed by atoms with Crippen molar-refractivity contribution in [3.8, 4) is 0 Å². The highest BCUT2D eigenvalue weighted by atomic mass is 16.2. The first kappa shape index (κ1) is 15.4. The summed E-state index contributed by atoms with van der Waals surface area (Å²) in [6.07, 6.45) is 8.89. The number of urea groups is 1.